The van der Waals surface area contributed by atoms with Gasteiger partial charge < -0.3 is 26.6 Å². The van der Waals surface area contributed by atoms with E-state index in [9.17, 15) is 176 Å². The highest BCUT2D eigenvalue weighted by molar-refractivity contribution is 5.12. The average molecular weight is 1200 g/mol. The highest BCUT2D eigenvalue weighted by Crippen LogP contribution is 2.50. The Hall–Kier alpha value is -3.00. The van der Waals surface area contributed by atoms with Gasteiger partial charge in [0.05, 0.1) is 12.8 Å². The van der Waals surface area contributed by atoms with Gasteiger partial charge in [-0.25, -0.2) is 52.7 Å². The third-order valence-corrected chi connectivity index (χ3v) is 7.20. The Balaban J connectivity index is -0.000000895. The smallest absolute Gasteiger partial charge is 0.453 e. The molecule has 5 nitrogen and oxygen atoms in total. The molecule has 45 heteroatoms. The highest BCUT2D eigenvalue weighted by Gasteiger charge is 2.70. The molecule has 2 heterocycles. The van der Waals surface area contributed by atoms with Gasteiger partial charge in [0.25, 0.3) is 23.7 Å². The fraction of sp³-hybridized carbons (Fsp3) is 1.00. The minimum atomic E-state index is -6.37. The first-order valence-corrected chi connectivity index (χ1v) is 17.4. The van der Waals surface area contributed by atoms with Crippen LogP contribution in [0.3, 0.4) is 0 Å². The number of rotatable bonds is 14. The second-order valence-corrected chi connectivity index (χ2v) is 14.2. The fourth-order valence-electron chi connectivity index (χ4n) is 3.54. The summed E-state index contributed by atoms with van der Waals surface area (Å²) in [6.45, 7) is -18.3. The van der Waals surface area contributed by atoms with Crippen molar-refractivity contribution in [3.63, 3.8) is 0 Å². The second kappa shape index (κ2) is 24.8. The van der Waals surface area contributed by atoms with Crippen molar-refractivity contribution in [1.29, 1.82) is 0 Å². The molecular weight excluding hydrogens is 1180 g/mol. The Morgan fingerprint density at radius 2 is 0.473 bits per heavy atom. The zero-order valence-corrected chi connectivity index (χ0v) is 34.3. The van der Waals surface area contributed by atoms with Crippen LogP contribution in [0.25, 0.3) is 26.6 Å². The summed E-state index contributed by atoms with van der Waals surface area (Å²) in [5, 5.41) is 11.8. The van der Waals surface area contributed by atoms with Crippen molar-refractivity contribution in [3.8, 4) is 0 Å². The van der Waals surface area contributed by atoms with Gasteiger partial charge >= 0.3 is 66.7 Å². The van der Waals surface area contributed by atoms with E-state index in [4.69, 9.17) is 0 Å². The Morgan fingerprint density at radius 1 is 0.270 bits per heavy atom. The van der Waals surface area contributed by atoms with Crippen LogP contribution in [0.5, 0.6) is 0 Å². The molecule has 0 aromatic carbocycles. The molecule has 0 aromatic heterocycles. The standard InChI is InChI=1S/C10H8F14N.C6H4F10N.C5H4F6N.C4H4F6N.C4H4F4N/c11-5(12,1-7(15,16)9(19,20)21)3-25-4-6(13,14)2-8(17,18)10(22,23)24;7-3(8,5(11,12)13)1-17-2-4(9,10)6(14,15)16;6-3(7)1-12-2-4(8,9)5(3,10)11;5-3(6,7)1-11-2-4(8,9)10;5-3(6)1-9-2-4(3,7)8/h1-4H2;1-2H2;1-2H2;1-2H2;1-2H2/q5*-1. The summed E-state index contributed by atoms with van der Waals surface area (Å²) < 4.78 is 476. The van der Waals surface area contributed by atoms with E-state index in [1.165, 1.54) is 0 Å². The molecule has 0 aromatic rings. The molecule has 0 spiro atoms. The molecule has 2 aliphatic heterocycles. The maximum Gasteiger partial charge on any atom is 0.453 e. The van der Waals surface area contributed by atoms with E-state index in [0.717, 1.165) is 0 Å². The van der Waals surface area contributed by atoms with Crippen molar-refractivity contribution in [3.05, 3.63) is 26.6 Å². The lowest BCUT2D eigenvalue weighted by atomic mass is 10.0. The molecular formula is C29H24F40N5-5. The maximum absolute atomic E-state index is 12.9. The van der Waals surface area contributed by atoms with Crippen molar-refractivity contribution in [2.75, 3.05) is 65.4 Å². The highest BCUT2D eigenvalue weighted by atomic mass is 19.5. The number of hydrogen-bond donors (Lipinski definition) is 0. The lowest BCUT2D eigenvalue weighted by Crippen LogP contribution is -2.60. The van der Waals surface area contributed by atoms with Gasteiger partial charge in [-0.05, 0) is 0 Å². The van der Waals surface area contributed by atoms with Crippen LogP contribution in [0.1, 0.15) is 12.8 Å². The molecule has 0 aliphatic carbocycles. The predicted octanol–water partition coefficient (Wildman–Crippen LogP) is 16.0. The molecule has 0 unspecified atom stereocenters. The maximum atomic E-state index is 12.9. The molecule has 0 atom stereocenters. The zero-order valence-electron chi connectivity index (χ0n) is 34.3. The van der Waals surface area contributed by atoms with E-state index in [2.05, 4.69) is 21.3 Å². The summed E-state index contributed by atoms with van der Waals surface area (Å²) in [6, 6.07) is 0. The van der Waals surface area contributed by atoms with Gasteiger partial charge in [-0.1, -0.05) is 65.4 Å². The Morgan fingerprint density at radius 3 is 0.662 bits per heavy atom. The van der Waals surface area contributed by atoms with Crippen LogP contribution in [0.15, 0.2) is 0 Å². The normalized spacial score (nSPS) is 19.6. The zero-order chi connectivity index (χ0) is 60.5. The third-order valence-electron chi connectivity index (χ3n) is 7.20. The molecule has 2 fully saturated rings. The number of piperidine rings is 1. The van der Waals surface area contributed by atoms with Gasteiger partial charge in [0.2, 0.25) is 11.8 Å². The van der Waals surface area contributed by atoms with Gasteiger partial charge in [0, 0.05) is 0 Å². The lowest BCUT2D eigenvalue weighted by Gasteiger charge is -2.44. The van der Waals surface area contributed by atoms with Crippen molar-refractivity contribution in [2.24, 2.45) is 0 Å². The number of halogens is 40. The summed E-state index contributed by atoms with van der Waals surface area (Å²) in [6.07, 6.45) is -40.4. The van der Waals surface area contributed by atoms with Crippen molar-refractivity contribution < 1.29 is 176 Å². The molecule has 0 bridgehead atoms. The summed E-state index contributed by atoms with van der Waals surface area (Å²) in [7, 11) is 0. The van der Waals surface area contributed by atoms with E-state index in [1.54, 1.807) is 0 Å². The Bertz CT molecular complexity index is 1520. The predicted molar refractivity (Wildman–Crippen MR) is 165 cm³/mol. The van der Waals surface area contributed by atoms with Crippen LogP contribution >= 0.6 is 0 Å². The monoisotopic (exact) mass is 1200 g/mol. The van der Waals surface area contributed by atoms with Gasteiger partial charge in [-0.2, -0.15) is 123 Å². The molecule has 2 saturated heterocycles. The molecule has 0 saturated carbocycles. The number of hydrogen-bond acceptors (Lipinski definition) is 0. The van der Waals surface area contributed by atoms with Crippen molar-refractivity contribution >= 4 is 0 Å². The van der Waals surface area contributed by atoms with Gasteiger partial charge in [0.15, 0.2) is 0 Å². The molecule has 74 heavy (non-hydrogen) atoms. The third kappa shape index (κ3) is 25.4. The van der Waals surface area contributed by atoms with E-state index < -0.39 is 180 Å². The van der Waals surface area contributed by atoms with E-state index in [1.807, 2.05) is 5.32 Å². The largest absolute Gasteiger partial charge is 0.653 e. The fourth-order valence-corrected chi connectivity index (χ4v) is 3.54. The van der Waals surface area contributed by atoms with Crippen molar-refractivity contribution in [1.82, 2.24) is 0 Å². The van der Waals surface area contributed by atoms with Gasteiger partial charge in [-0.15, -0.1) is 0 Å². The summed E-state index contributed by atoms with van der Waals surface area (Å²) in [5.41, 5.74) is 0. The van der Waals surface area contributed by atoms with Crippen molar-refractivity contribution in [2.45, 2.75) is 115 Å². The first-order chi connectivity index (χ1) is 31.7. The first kappa shape index (κ1) is 75.2. The van der Waals surface area contributed by atoms with E-state index in [0.29, 0.717) is 0 Å². The lowest BCUT2D eigenvalue weighted by molar-refractivity contribution is -0.307. The molecule has 0 N–H and O–H groups in total. The summed E-state index contributed by atoms with van der Waals surface area (Å²) >= 11 is 0. The van der Waals surface area contributed by atoms with E-state index in [-0.39, 0.29) is 0 Å². The molecule has 0 amide bonds. The van der Waals surface area contributed by atoms with Crippen LogP contribution in [-0.4, -0.2) is 168 Å². The topological polar surface area (TPSA) is 70.5 Å². The Labute approximate surface area is 383 Å². The van der Waals surface area contributed by atoms with Gasteiger partial charge in [-0.3, -0.25) is 0 Å². The average Bonchev–Trinajstić information content (AvgIpc) is 3.32. The summed E-state index contributed by atoms with van der Waals surface area (Å²) in [4.78, 5) is 0. The molecule has 0 radical (unpaired) electrons. The van der Waals surface area contributed by atoms with Crippen LogP contribution in [0, 0.1) is 0 Å². The molecule has 450 valence electrons. The van der Waals surface area contributed by atoms with Crippen LogP contribution in [-0.2, 0) is 0 Å². The Kier molecular flexibility index (Phi) is 25.2. The minimum Gasteiger partial charge on any atom is -0.653 e. The quantitative estimate of drug-likeness (QED) is 0.156. The SMILES string of the molecule is FC(F)(C[N-]CC(F)(F)CC(F)(F)C(F)(F)F)CC(F)(F)C(F)(F)F.FC(F)(F)C(F)(F)C[N-]CC(F)(F)C(F)(F)F.FC(F)(F)C[N-]CC(F)(F)F.FC1(F)C[N-]CC(F)(F)C1(F)F.FC1(F)C[N-]CC1(F)F. The van der Waals surface area contributed by atoms with Gasteiger partial charge in [0.1, 0.15) is 0 Å². The van der Waals surface area contributed by atoms with E-state index >= 15 is 0 Å². The molecule has 2 rings (SSSR count). The molecule has 2 aliphatic rings. The number of nitrogens with zero attached hydrogens (tertiary/aromatic N) is 5. The van der Waals surface area contributed by atoms with Crippen LogP contribution in [0.4, 0.5) is 176 Å². The second-order valence-electron chi connectivity index (χ2n) is 14.2. The first-order valence-electron chi connectivity index (χ1n) is 17.4. The van der Waals surface area contributed by atoms with Crippen LogP contribution < -0.4 is 0 Å². The summed E-state index contributed by atoms with van der Waals surface area (Å²) in [5.74, 6) is -55.2. The number of alkyl halides is 40. The minimum absolute atomic E-state index is 1.04. The van der Waals surface area contributed by atoms with Crippen LogP contribution in [0.2, 0.25) is 0 Å².